The van der Waals surface area contributed by atoms with E-state index in [1.54, 1.807) is 23.1 Å². The number of nitrogens with one attached hydrogen (secondary N) is 2. The highest BCUT2D eigenvalue weighted by molar-refractivity contribution is 6.00. The molecule has 1 fully saturated rings. The Bertz CT molecular complexity index is 1080. The second-order valence-corrected chi connectivity index (χ2v) is 10.5. The lowest BCUT2D eigenvalue weighted by Crippen LogP contribution is -2.56. The maximum absolute atomic E-state index is 13.9. The highest BCUT2D eigenvalue weighted by atomic mass is 19.1. The topological polar surface area (TPSA) is 81.7 Å². The Balaban J connectivity index is 1.87. The number of aliphatic hydroxyl groups excluding tert-OH is 1. The van der Waals surface area contributed by atoms with Crippen LogP contribution in [0.15, 0.2) is 36.4 Å². The van der Waals surface area contributed by atoms with Crippen molar-refractivity contribution in [3.63, 3.8) is 0 Å². The maximum atomic E-state index is 13.9. The molecular formula is C30H41F2N3O3. The second kappa shape index (κ2) is 13.8. The molecule has 2 aromatic rings. The Labute approximate surface area is 224 Å². The van der Waals surface area contributed by atoms with Crippen molar-refractivity contribution >= 4 is 11.8 Å². The van der Waals surface area contributed by atoms with Crippen LogP contribution in [0.2, 0.25) is 0 Å². The molecule has 1 saturated heterocycles. The van der Waals surface area contributed by atoms with E-state index in [2.05, 4.69) is 10.6 Å². The van der Waals surface area contributed by atoms with Gasteiger partial charge in [-0.15, -0.1) is 0 Å². The molecule has 0 aromatic heterocycles. The average molecular weight is 530 g/mol. The van der Waals surface area contributed by atoms with Crippen LogP contribution in [0.3, 0.4) is 0 Å². The highest BCUT2D eigenvalue weighted by Crippen LogP contribution is 2.21. The molecule has 0 saturated carbocycles. The number of hydrogen-bond donors (Lipinski definition) is 3. The van der Waals surface area contributed by atoms with E-state index in [4.69, 9.17) is 0 Å². The Morgan fingerprint density at radius 2 is 1.66 bits per heavy atom. The standard InChI is InChI=1S/C30H41F2N3O3/c1-5-10-35(11-6-2)30(38)23-13-19(3)12-22(17-23)29(37)34-27(16-21-14-24(31)18-25(32)15-21)28(36)26-9-7-8-20(4)33-26/h12-15,17-18,20,26-28,33,36H,5-11,16H2,1-4H3,(H,34,37)/t20-,26+,27-,28?/m0/s1. The Kier molecular flexibility index (Phi) is 10.8. The number of benzene rings is 2. The van der Waals surface area contributed by atoms with E-state index in [0.29, 0.717) is 29.8 Å². The van der Waals surface area contributed by atoms with Gasteiger partial charge in [0.05, 0.1) is 12.1 Å². The van der Waals surface area contributed by atoms with Crippen LogP contribution < -0.4 is 10.6 Å². The molecule has 3 N–H and O–H groups in total. The number of halogens is 2. The molecule has 4 atom stereocenters. The molecule has 0 aliphatic carbocycles. The van der Waals surface area contributed by atoms with Gasteiger partial charge in [-0.1, -0.05) is 20.3 Å². The van der Waals surface area contributed by atoms with E-state index < -0.39 is 29.7 Å². The predicted molar refractivity (Wildman–Crippen MR) is 145 cm³/mol. The van der Waals surface area contributed by atoms with Crippen LogP contribution in [0.4, 0.5) is 8.78 Å². The summed E-state index contributed by atoms with van der Waals surface area (Å²) in [6.45, 7) is 9.17. The average Bonchev–Trinajstić information content (AvgIpc) is 2.86. The molecule has 1 aliphatic rings. The minimum Gasteiger partial charge on any atom is -0.389 e. The van der Waals surface area contributed by atoms with Crippen LogP contribution in [-0.2, 0) is 6.42 Å². The zero-order valence-corrected chi connectivity index (χ0v) is 22.9. The Hall–Kier alpha value is -2.84. The van der Waals surface area contributed by atoms with Crippen molar-refractivity contribution in [3.8, 4) is 0 Å². The number of aliphatic hydroxyl groups is 1. The van der Waals surface area contributed by atoms with E-state index in [9.17, 15) is 23.5 Å². The van der Waals surface area contributed by atoms with Crippen molar-refractivity contribution in [1.82, 2.24) is 15.5 Å². The summed E-state index contributed by atoms with van der Waals surface area (Å²) in [7, 11) is 0. The predicted octanol–water partition coefficient (Wildman–Crippen LogP) is 4.77. The van der Waals surface area contributed by atoms with Gasteiger partial charge >= 0.3 is 0 Å². The minimum absolute atomic E-state index is 0.0481. The molecule has 8 heteroatoms. The first-order chi connectivity index (χ1) is 18.1. The fourth-order valence-electron chi connectivity index (χ4n) is 5.29. The van der Waals surface area contributed by atoms with Gasteiger partial charge in [-0.05, 0) is 87.4 Å². The number of nitrogens with zero attached hydrogens (tertiary/aromatic N) is 1. The largest absolute Gasteiger partial charge is 0.389 e. The third kappa shape index (κ3) is 8.08. The lowest BCUT2D eigenvalue weighted by atomic mass is 9.89. The summed E-state index contributed by atoms with van der Waals surface area (Å²) in [6, 6.07) is 7.41. The van der Waals surface area contributed by atoms with E-state index in [1.807, 2.05) is 27.7 Å². The zero-order chi connectivity index (χ0) is 27.8. The number of rotatable bonds is 11. The summed E-state index contributed by atoms with van der Waals surface area (Å²) < 4.78 is 27.8. The van der Waals surface area contributed by atoms with E-state index >= 15 is 0 Å². The molecule has 0 spiro atoms. The zero-order valence-electron chi connectivity index (χ0n) is 22.9. The van der Waals surface area contributed by atoms with Gasteiger partial charge in [-0.2, -0.15) is 0 Å². The van der Waals surface area contributed by atoms with Gasteiger partial charge in [0.15, 0.2) is 0 Å². The third-order valence-electron chi connectivity index (χ3n) is 7.03. The maximum Gasteiger partial charge on any atom is 0.253 e. The summed E-state index contributed by atoms with van der Waals surface area (Å²) in [4.78, 5) is 28.5. The van der Waals surface area contributed by atoms with Crippen LogP contribution in [0.5, 0.6) is 0 Å². The molecule has 38 heavy (non-hydrogen) atoms. The van der Waals surface area contributed by atoms with Gasteiger partial charge in [-0.25, -0.2) is 8.78 Å². The molecule has 208 valence electrons. The van der Waals surface area contributed by atoms with Gasteiger partial charge in [-0.3, -0.25) is 9.59 Å². The number of carbonyl (C=O) groups excluding carboxylic acids is 2. The van der Waals surface area contributed by atoms with Gasteiger partial charge in [0.1, 0.15) is 11.6 Å². The van der Waals surface area contributed by atoms with Crippen molar-refractivity contribution in [2.45, 2.75) is 90.4 Å². The second-order valence-electron chi connectivity index (χ2n) is 10.5. The Morgan fingerprint density at radius 3 is 2.26 bits per heavy atom. The molecule has 1 heterocycles. The minimum atomic E-state index is -0.983. The van der Waals surface area contributed by atoms with Crippen molar-refractivity contribution in [1.29, 1.82) is 0 Å². The lowest BCUT2D eigenvalue weighted by molar-refractivity contribution is 0.0600. The number of amides is 2. The summed E-state index contributed by atoms with van der Waals surface area (Å²) in [5.74, 6) is -2.01. The Morgan fingerprint density at radius 1 is 1.03 bits per heavy atom. The molecule has 6 nitrogen and oxygen atoms in total. The molecular weight excluding hydrogens is 488 g/mol. The quantitative estimate of drug-likeness (QED) is 0.392. The smallest absolute Gasteiger partial charge is 0.253 e. The SMILES string of the molecule is CCCN(CCC)C(=O)c1cc(C)cc(C(=O)N[C@@H](Cc2cc(F)cc(F)c2)C(O)[C@H]2CCC[C@H](C)N2)c1. The molecule has 0 radical (unpaired) electrons. The fraction of sp³-hybridized carbons (Fsp3) is 0.533. The van der Waals surface area contributed by atoms with E-state index in [0.717, 1.165) is 43.7 Å². The summed E-state index contributed by atoms with van der Waals surface area (Å²) >= 11 is 0. The van der Waals surface area contributed by atoms with Gasteiger partial charge in [0.2, 0.25) is 0 Å². The van der Waals surface area contributed by atoms with Crippen molar-refractivity contribution in [3.05, 3.63) is 70.3 Å². The van der Waals surface area contributed by atoms with Gasteiger partial charge in [0.25, 0.3) is 11.8 Å². The van der Waals surface area contributed by atoms with Crippen molar-refractivity contribution in [2.75, 3.05) is 13.1 Å². The monoisotopic (exact) mass is 529 g/mol. The van der Waals surface area contributed by atoms with Crippen molar-refractivity contribution in [2.24, 2.45) is 0 Å². The van der Waals surface area contributed by atoms with E-state index in [1.165, 1.54) is 12.1 Å². The molecule has 2 amide bonds. The van der Waals surface area contributed by atoms with Crippen LogP contribution >= 0.6 is 0 Å². The summed E-state index contributed by atoms with van der Waals surface area (Å²) in [5.41, 5.74) is 1.84. The molecule has 2 aromatic carbocycles. The lowest BCUT2D eigenvalue weighted by Gasteiger charge is -2.36. The highest BCUT2D eigenvalue weighted by Gasteiger charge is 2.32. The first-order valence-corrected chi connectivity index (χ1v) is 13.7. The van der Waals surface area contributed by atoms with Gasteiger partial charge < -0.3 is 20.6 Å². The third-order valence-corrected chi connectivity index (χ3v) is 7.03. The normalized spacial score (nSPS) is 19.0. The van der Waals surface area contributed by atoms with Crippen molar-refractivity contribution < 1.29 is 23.5 Å². The number of aryl methyl sites for hydroxylation is 1. The molecule has 1 aliphatic heterocycles. The van der Waals surface area contributed by atoms with Crippen LogP contribution in [0.25, 0.3) is 0 Å². The molecule has 3 rings (SSSR count). The van der Waals surface area contributed by atoms with Gasteiger partial charge in [0, 0.05) is 42.4 Å². The molecule has 0 bridgehead atoms. The van der Waals surface area contributed by atoms with Crippen LogP contribution in [-0.4, -0.2) is 59.1 Å². The number of carbonyl (C=O) groups is 2. The first kappa shape index (κ1) is 29.7. The van der Waals surface area contributed by atoms with Crippen LogP contribution in [0, 0.1) is 18.6 Å². The number of hydrogen-bond acceptors (Lipinski definition) is 4. The number of piperidine rings is 1. The van der Waals surface area contributed by atoms with E-state index in [-0.39, 0.29) is 24.4 Å². The first-order valence-electron chi connectivity index (χ1n) is 13.7. The fourth-order valence-corrected chi connectivity index (χ4v) is 5.29. The summed E-state index contributed by atoms with van der Waals surface area (Å²) in [6.07, 6.45) is 3.37. The van der Waals surface area contributed by atoms with Crippen LogP contribution in [0.1, 0.15) is 84.7 Å². The summed E-state index contributed by atoms with van der Waals surface area (Å²) in [5, 5.41) is 17.6. The molecule has 1 unspecified atom stereocenters.